The highest BCUT2D eigenvalue weighted by Gasteiger charge is 2.12. The third-order valence-corrected chi connectivity index (χ3v) is 2.80. The summed E-state index contributed by atoms with van der Waals surface area (Å²) in [4.78, 5) is 22.8. The molecule has 0 aliphatic carbocycles. The Morgan fingerprint density at radius 1 is 1.05 bits per heavy atom. The lowest BCUT2D eigenvalue weighted by Crippen LogP contribution is -2.19. The van der Waals surface area contributed by atoms with Crippen LogP contribution in [-0.2, 0) is 0 Å². The number of carbonyl (C=O) groups is 2. The molecule has 0 atom stereocenters. The number of benzene rings is 2. The number of carbonyl (C=O) groups excluding carboxylic acids is 2. The van der Waals surface area contributed by atoms with Crippen molar-refractivity contribution in [3.63, 3.8) is 0 Å². The first-order valence-corrected chi connectivity index (χ1v) is 6.26. The molecular formula is C14H11ClFN3O2. The van der Waals surface area contributed by atoms with Gasteiger partial charge in [-0.3, -0.25) is 4.79 Å². The Balaban J connectivity index is 2.19. The Morgan fingerprint density at radius 2 is 1.71 bits per heavy atom. The third kappa shape index (κ3) is 3.93. The van der Waals surface area contributed by atoms with Gasteiger partial charge in [0, 0.05) is 16.4 Å². The lowest BCUT2D eigenvalue weighted by molar-refractivity contribution is 0.102. The van der Waals surface area contributed by atoms with Crippen molar-refractivity contribution in [3.05, 3.63) is 58.9 Å². The van der Waals surface area contributed by atoms with E-state index >= 15 is 0 Å². The molecule has 3 amide bonds. The molecule has 0 saturated carbocycles. The Bertz CT molecular complexity index is 706. The summed E-state index contributed by atoms with van der Waals surface area (Å²) in [5.74, 6) is -1.32. The SMILES string of the molecule is NC(=O)Nc1cccc(NC(=O)c2cc(Cl)ccc2F)c1. The average molecular weight is 308 g/mol. The van der Waals surface area contributed by atoms with E-state index in [-0.39, 0.29) is 10.6 Å². The molecule has 0 aromatic heterocycles. The number of nitrogens with two attached hydrogens (primary N) is 1. The second kappa shape index (κ2) is 6.23. The van der Waals surface area contributed by atoms with Crippen LogP contribution in [0.3, 0.4) is 0 Å². The summed E-state index contributed by atoms with van der Waals surface area (Å²) in [7, 11) is 0. The molecule has 0 unspecified atom stereocenters. The van der Waals surface area contributed by atoms with E-state index in [0.29, 0.717) is 11.4 Å². The van der Waals surface area contributed by atoms with Gasteiger partial charge in [0.25, 0.3) is 5.91 Å². The fourth-order valence-corrected chi connectivity index (χ4v) is 1.86. The van der Waals surface area contributed by atoms with Crippen LogP contribution in [0.2, 0.25) is 5.02 Å². The molecule has 0 aliphatic rings. The van der Waals surface area contributed by atoms with E-state index in [1.807, 2.05) is 0 Å². The maximum absolute atomic E-state index is 13.6. The number of amides is 3. The average Bonchev–Trinajstić information content (AvgIpc) is 2.41. The minimum Gasteiger partial charge on any atom is -0.351 e. The molecule has 2 aromatic carbocycles. The third-order valence-electron chi connectivity index (χ3n) is 2.56. The topological polar surface area (TPSA) is 84.2 Å². The lowest BCUT2D eigenvalue weighted by atomic mass is 10.2. The first-order chi connectivity index (χ1) is 9.95. The minimum atomic E-state index is -0.723. The fraction of sp³-hybridized carbons (Fsp3) is 0. The van der Waals surface area contributed by atoms with Crippen molar-refractivity contribution in [1.82, 2.24) is 0 Å². The first-order valence-electron chi connectivity index (χ1n) is 5.88. The summed E-state index contributed by atoms with van der Waals surface area (Å²) < 4.78 is 13.6. The van der Waals surface area contributed by atoms with Gasteiger partial charge in [0.2, 0.25) is 0 Å². The number of urea groups is 1. The Morgan fingerprint density at radius 3 is 2.38 bits per heavy atom. The van der Waals surface area contributed by atoms with Crippen molar-refractivity contribution in [2.75, 3.05) is 10.6 Å². The van der Waals surface area contributed by atoms with Gasteiger partial charge in [-0.25, -0.2) is 9.18 Å². The van der Waals surface area contributed by atoms with Gasteiger partial charge in [0.05, 0.1) is 5.56 Å². The summed E-state index contributed by atoms with van der Waals surface area (Å²) >= 11 is 5.74. The number of rotatable bonds is 3. The van der Waals surface area contributed by atoms with E-state index in [9.17, 15) is 14.0 Å². The van der Waals surface area contributed by atoms with Crippen LogP contribution in [0.5, 0.6) is 0 Å². The molecule has 2 rings (SSSR count). The number of hydrogen-bond donors (Lipinski definition) is 3. The number of hydrogen-bond acceptors (Lipinski definition) is 2. The standard InChI is InChI=1S/C14H11ClFN3O2/c15-8-4-5-12(16)11(6-8)13(20)18-9-2-1-3-10(7-9)19-14(17)21/h1-7H,(H,18,20)(H3,17,19,21). The molecule has 2 aromatic rings. The van der Waals surface area contributed by atoms with Gasteiger partial charge in [0.15, 0.2) is 0 Å². The molecule has 0 saturated heterocycles. The molecule has 5 nitrogen and oxygen atoms in total. The van der Waals surface area contributed by atoms with Gasteiger partial charge in [0.1, 0.15) is 5.82 Å². The zero-order valence-corrected chi connectivity index (χ0v) is 11.4. The molecule has 0 heterocycles. The smallest absolute Gasteiger partial charge is 0.316 e. The second-order valence-corrected chi connectivity index (χ2v) is 4.58. The summed E-state index contributed by atoms with van der Waals surface area (Å²) in [6.07, 6.45) is 0. The van der Waals surface area contributed by atoms with Gasteiger partial charge in [-0.1, -0.05) is 17.7 Å². The Kier molecular flexibility index (Phi) is 4.39. The predicted molar refractivity (Wildman–Crippen MR) is 79.0 cm³/mol. The normalized spacial score (nSPS) is 10.0. The van der Waals surface area contributed by atoms with Crippen molar-refractivity contribution >= 4 is 34.9 Å². The lowest BCUT2D eigenvalue weighted by Gasteiger charge is -2.08. The van der Waals surface area contributed by atoms with E-state index in [2.05, 4.69) is 10.6 Å². The van der Waals surface area contributed by atoms with Crippen LogP contribution < -0.4 is 16.4 Å². The Hall–Kier alpha value is -2.60. The summed E-state index contributed by atoms with van der Waals surface area (Å²) in [6, 6.07) is 9.26. The molecule has 0 radical (unpaired) electrons. The maximum atomic E-state index is 13.6. The number of primary amides is 1. The zero-order valence-electron chi connectivity index (χ0n) is 10.7. The van der Waals surface area contributed by atoms with Crippen molar-refractivity contribution in [2.24, 2.45) is 5.73 Å². The Labute approximate surface area is 124 Å². The summed E-state index contributed by atoms with van der Waals surface area (Å²) in [5, 5.41) is 5.14. The van der Waals surface area contributed by atoms with E-state index in [4.69, 9.17) is 17.3 Å². The zero-order chi connectivity index (χ0) is 15.4. The largest absolute Gasteiger partial charge is 0.351 e. The molecular weight excluding hydrogens is 297 g/mol. The number of nitrogens with one attached hydrogen (secondary N) is 2. The minimum absolute atomic E-state index is 0.171. The van der Waals surface area contributed by atoms with Crippen LogP contribution in [0.4, 0.5) is 20.6 Å². The van der Waals surface area contributed by atoms with Gasteiger partial charge in [-0.2, -0.15) is 0 Å². The van der Waals surface area contributed by atoms with Crippen LogP contribution in [0.1, 0.15) is 10.4 Å². The van der Waals surface area contributed by atoms with Crippen molar-refractivity contribution in [2.45, 2.75) is 0 Å². The van der Waals surface area contributed by atoms with Crippen LogP contribution >= 0.6 is 11.6 Å². The molecule has 0 fully saturated rings. The quantitative estimate of drug-likeness (QED) is 0.813. The van der Waals surface area contributed by atoms with E-state index < -0.39 is 17.8 Å². The van der Waals surface area contributed by atoms with Gasteiger partial charge in [-0.05, 0) is 36.4 Å². The molecule has 0 bridgehead atoms. The van der Waals surface area contributed by atoms with Crippen LogP contribution in [-0.4, -0.2) is 11.9 Å². The number of anilines is 2. The van der Waals surface area contributed by atoms with Gasteiger partial charge >= 0.3 is 6.03 Å². The number of halogens is 2. The highest BCUT2D eigenvalue weighted by Crippen LogP contribution is 2.19. The highest BCUT2D eigenvalue weighted by atomic mass is 35.5. The van der Waals surface area contributed by atoms with Crippen molar-refractivity contribution in [1.29, 1.82) is 0 Å². The molecule has 7 heteroatoms. The van der Waals surface area contributed by atoms with Crippen LogP contribution in [0.25, 0.3) is 0 Å². The summed E-state index contributed by atoms with van der Waals surface area (Å²) in [6.45, 7) is 0. The first kappa shape index (κ1) is 14.8. The van der Waals surface area contributed by atoms with Gasteiger partial charge < -0.3 is 16.4 Å². The van der Waals surface area contributed by atoms with Crippen molar-refractivity contribution < 1.29 is 14.0 Å². The second-order valence-electron chi connectivity index (χ2n) is 4.15. The summed E-state index contributed by atoms with van der Waals surface area (Å²) in [5.41, 5.74) is 5.62. The van der Waals surface area contributed by atoms with E-state index in [1.54, 1.807) is 18.2 Å². The van der Waals surface area contributed by atoms with Crippen LogP contribution in [0, 0.1) is 5.82 Å². The van der Waals surface area contributed by atoms with Gasteiger partial charge in [-0.15, -0.1) is 0 Å². The molecule has 108 valence electrons. The predicted octanol–water partition coefficient (Wildman–Crippen LogP) is 3.22. The monoisotopic (exact) mass is 307 g/mol. The fourth-order valence-electron chi connectivity index (χ4n) is 1.69. The van der Waals surface area contributed by atoms with E-state index in [1.165, 1.54) is 18.2 Å². The van der Waals surface area contributed by atoms with Crippen LogP contribution in [0.15, 0.2) is 42.5 Å². The molecule has 0 spiro atoms. The van der Waals surface area contributed by atoms with E-state index in [0.717, 1.165) is 6.07 Å². The highest BCUT2D eigenvalue weighted by molar-refractivity contribution is 6.31. The van der Waals surface area contributed by atoms with Crippen molar-refractivity contribution in [3.8, 4) is 0 Å². The molecule has 4 N–H and O–H groups in total. The molecule has 21 heavy (non-hydrogen) atoms. The maximum Gasteiger partial charge on any atom is 0.316 e. The molecule has 0 aliphatic heterocycles.